The molecule has 0 radical (unpaired) electrons. The Morgan fingerprint density at radius 3 is 2.49 bits per heavy atom. The van der Waals surface area contributed by atoms with Crippen molar-refractivity contribution in [2.75, 3.05) is 19.5 Å². The van der Waals surface area contributed by atoms with Gasteiger partial charge < -0.3 is 35.1 Å². The van der Waals surface area contributed by atoms with Crippen LogP contribution in [0, 0.1) is 11.8 Å². The van der Waals surface area contributed by atoms with Crippen LogP contribution in [0.4, 0.5) is 5.69 Å². The molecule has 47 heavy (non-hydrogen) atoms. The molecular weight excluding hydrogens is 600 g/mol. The predicted octanol–water partition coefficient (Wildman–Crippen LogP) is 5.69. The molecule has 1 fully saturated rings. The van der Waals surface area contributed by atoms with Gasteiger partial charge in [-0.25, -0.2) is 4.79 Å². The highest BCUT2D eigenvalue weighted by Crippen LogP contribution is 2.35. The average molecular weight is 653 g/mol. The molecule has 4 N–H and O–H groups in total. The number of carbonyl (C=O) groups excluding carboxylic acids is 3. The number of amides is 2. The first-order chi connectivity index (χ1) is 22.5. The molecule has 2 bridgehead atoms. The Morgan fingerprint density at radius 2 is 1.79 bits per heavy atom. The molecule has 0 saturated heterocycles. The van der Waals surface area contributed by atoms with Crippen LogP contribution in [0.1, 0.15) is 77.7 Å². The van der Waals surface area contributed by atoms with Crippen molar-refractivity contribution in [3.63, 3.8) is 0 Å². The Labute approximate surface area is 278 Å². The third-order valence-corrected chi connectivity index (χ3v) is 8.87. The number of aryl methyl sites for hydroxylation is 1. The van der Waals surface area contributed by atoms with Crippen molar-refractivity contribution in [2.45, 2.75) is 103 Å². The molecular formula is C37H52N2O8. The van der Waals surface area contributed by atoms with Gasteiger partial charge in [0.1, 0.15) is 23.6 Å². The number of rotatable bonds is 6. The second-order valence-electron chi connectivity index (χ2n) is 12.5. The second kappa shape index (κ2) is 19.1. The minimum absolute atomic E-state index is 0.0153. The van der Waals surface area contributed by atoms with Crippen LogP contribution in [0.2, 0.25) is 0 Å². The van der Waals surface area contributed by atoms with Crippen molar-refractivity contribution in [1.82, 2.24) is 5.32 Å². The van der Waals surface area contributed by atoms with Crippen LogP contribution in [0.25, 0.3) is 0 Å². The maximum atomic E-state index is 13.2. The number of methoxy groups -OCH3 is 2. The van der Waals surface area contributed by atoms with Crippen molar-refractivity contribution in [3.8, 4) is 11.5 Å². The molecule has 4 unspecified atom stereocenters. The minimum Gasteiger partial charge on any atom is -0.508 e. The highest BCUT2D eigenvalue weighted by molar-refractivity contribution is 5.93. The van der Waals surface area contributed by atoms with E-state index >= 15 is 0 Å². The van der Waals surface area contributed by atoms with Crippen LogP contribution in [0.5, 0.6) is 11.5 Å². The fourth-order valence-corrected chi connectivity index (χ4v) is 5.98. The number of hydrogen-bond donors (Lipinski definition) is 4. The quantitative estimate of drug-likeness (QED) is 0.227. The number of ether oxygens (including phenoxy) is 3. The van der Waals surface area contributed by atoms with Gasteiger partial charge in [-0.15, -0.1) is 0 Å². The predicted molar refractivity (Wildman–Crippen MR) is 182 cm³/mol. The number of esters is 1. The number of allylic oxidation sites excluding steroid dienone is 5. The third-order valence-electron chi connectivity index (χ3n) is 8.87. The van der Waals surface area contributed by atoms with E-state index in [0.717, 1.165) is 32.1 Å². The fourth-order valence-electron chi connectivity index (χ4n) is 5.98. The number of anilines is 1. The van der Waals surface area contributed by atoms with Crippen LogP contribution >= 0.6 is 0 Å². The number of hydrogen-bond acceptors (Lipinski definition) is 8. The lowest BCUT2D eigenvalue weighted by molar-refractivity contribution is -0.156. The van der Waals surface area contributed by atoms with Gasteiger partial charge >= 0.3 is 5.97 Å². The topological polar surface area (TPSA) is 143 Å². The lowest BCUT2D eigenvalue weighted by atomic mass is 9.88. The van der Waals surface area contributed by atoms with E-state index in [-0.39, 0.29) is 29.9 Å². The van der Waals surface area contributed by atoms with Crippen LogP contribution in [0.3, 0.4) is 0 Å². The standard InChI is InChI=1S/C37H52N2O8/c1-24-15-14-18-28-21-29(40)22-31(35(28)46-5)39-33(41)23-30(45-4)19-12-7-6-8-13-20-32(25(2)34(24)42)47-37(44)26(3)38-36(43)27-16-10-9-11-17-27/h6-8,12-13,15,19,21-22,25-27,30,32,34,40,42H,9-11,14,16-18,20,23H2,1-5H3,(H,38,43)(H,39,41)/b7-6+,13-8+,19-12-,24-15+/t25?,26-,30?,32?,34?/m0/s1. The number of benzene rings is 1. The number of aliphatic hydroxyl groups excluding tert-OH is 1. The molecule has 5 atom stereocenters. The van der Waals surface area contributed by atoms with Gasteiger partial charge in [-0.2, -0.15) is 0 Å². The van der Waals surface area contributed by atoms with Gasteiger partial charge in [-0.3, -0.25) is 9.59 Å². The van der Waals surface area contributed by atoms with Gasteiger partial charge in [0.2, 0.25) is 11.8 Å². The van der Waals surface area contributed by atoms with Crippen LogP contribution < -0.4 is 15.4 Å². The summed E-state index contributed by atoms with van der Waals surface area (Å²) < 4.78 is 17.0. The summed E-state index contributed by atoms with van der Waals surface area (Å²) in [6.45, 7) is 5.29. The zero-order valence-electron chi connectivity index (χ0n) is 28.4. The highest BCUT2D eigenvalue weighted by atomic mass is 16.5. The summed E-state index contributed by atoms with van der Waals surface area (Å²) in [6, 6.07) is 2.22. The summed E-state index contributed by atoms with van der Waals surface area (Å²) in [5.41, 5.74) is 1.75. The molecule has 2 aliphatic rings. The normalized spacial score (nSPS) is 27.4. The molecule has 2 amide bonds. The van der Waals surface area contributed by atoms with Crippen molar-refractivity contribution in [3.05, 3.63) is 65.8 Å². The molecule has 258 valence electrons. The number of aromatic hydroxyl groups is 1. The van der Waals surface area contributed by atoms with Crippen LogP contribution in [-0.2, 0) is 30.3 Å². The van der Waals surface area contributed by atoms with Gasteiger partial charge in [0.15, 0.2) is 0 Å². The molecule has 1 saturated carbocycles. The van der Waals surface area contributed by atoms with E-state index in [9.17, 15) is 24.6 Å². The van der Waals surface area contributed by atoms with E-state index in [0.29, 0.717) is 41.8 Å². The zero-order chi connectivity index (χ0) is 34.3. The summed E-state index contributed by atoms with van der Waals surface area (Å²) in [5.74, 6) is -1.07. The largest absolute Gasteiger partial charge is 0.508 e. The van der Waals surface area contributed by atoms with Crippen molar-refractivity contribution < 1.29 is 38.8 Å². The molecule has 1 heterocycles. The molecule has 1 aliphatic heterocycles. The van der Waals surface area contributed by atoms with Crippen LogP contribution in [-0.4, -0.2) is 66.6 Å². The van der Waals surface area contributed by atoms with E-state index in [1.807, 2.05) is 38.2 Å². The average Bonchev–Trinajstić information content (AvgIpc) is 3.05. The number of phenols is 1. The van der Waals surface area contributed by atoms with Gasteiger partial charge in [-0.05, 0) is 51.2 Å². The number of nitrogens with one attached hydrogen (secondary N) is 2. The lowest BCUT2D eigenvalue weighted by Gasteiger charge is -2.29. The summed E-state index contributed by atoms with van der Waals surface area (Å²) in [5, 5.41) is 27.4. The second-order valence-corrected chi connectivity index (χ2v) is 12.5. The number of aliphatic hydroxyl groups is 1. The molecule has 10 heteroatoms. The highest BCUT2D eigenvalue weighted by Gasteiger charge is 2.31. The van der Waals surface area contributed by atoms with E-state index in [2.05, 4.69) is 10.6 Å². The van der Waals surface area contributed by atoms with Crippen molar-refractivity contribution in [2.24, 2.45) is 11.8 Å². The summed E-state index contributed by atoms with van der Waals surface area (Å²) in [6.07, 6.45) is 16.9. The van der Waals surface area contributed by atoms with Crippen molar-refractivity contribution in [1.29, 1.82) is 0 Å². The SMILES string of the molecule is COc1c2cc(O)cc1NC(=O)CC(OC)\C=C/C=C/C=C/CC(OC(=O)[C@H](C)NC(=O)C1CCCCC1)C(C)C(O)/C(C)=C/CC2. The first-order valence-corrected chi connectivity index (χ1v) is 16.6. The van der Waals surface area contributed by atoms with E-state index in [4.69, 9.17) is 14.2 Å². The molecule has 10 nitrogen and oxygen atoms in total. The number of phenolic OH excluding ortho intramolecular Hbond substituents is 1. The summed E-state index contributed by atoms with van der Waals surface area (Å²) in [7, 11) is 3.03. The third kappa shape index (κ3) is 11.7. The maximum absolute atomic E-state index is 13.2. The number of carbonyl (C=O) groups is 3. The first-order valence-electron chi connectivity index (χ1n) is 16.6. The zero-order valence-corrected chi connectivity index (χ0v) is 28.4. The molecule has 0 spiro atoms. The van der Waals surface area contributed by atoms with Gasteiger partial charge in [0, 0.05) is 37.0 Å². The van der Waals surface area contributed by atoms with E-state index in [1.165, 1.54) is 20.3 Å². The van der Waals surface area contributed by atoms with Gasteiger partial charge in [0.05, 0.1) is 31.4 Å². The minimum atomic E-state index is -0.909. The molecule has 1 aliphatic carbocycles. The first kappa shape index (κ1) is 37.6. The van der Waals surface area contributed by atoms with E-state index in [1.54, 1.807) is 31.2 Å². The number of fused-ring (bicyclic) bond motifs is 2. The summed E-state index contributed by atoms with van der Waals surface area (Å²) >= 11 is 0. The molecule has 1 aromatic carbocycles. The van der Waals surface area contributed by atoms with Gasteiger partial charge in [0.25, 0.3) is 0 Å². The Hall–Kier alpha value is -3.89. The Bertz CT molecular complexity index is 1330. The van der Waals surface area contributed by atoms with Crippen molar-refractivity contribution >= 4 is 23.5 Å². The Morgan fingerprint density at radius 1 is 1.06 bits per heavy atom. The van der Waals surface area contributed by atoms with Crippen LogP contribution in [0.15, 0.2) is 60.2 Å². The fraction of sp³-hybridized carbons (Fsp3) is 0.541. The lowest BCUT2D eigenvalue weighted by Crippen LogP contribution is -2.45. The van der Waals surface area contributed by atoms with Gasteiger partial charge in [-0.1, -0.05) is 68.7 Å². The smallest absolute Gasteiger partial charge is 0.328 e. The monoisotopic (exact) mass is 652 g/mol. The molecule has 0 aromatic heterocycles. The Kier molecular flexibility index (Phi) is 15.2. The summed E-state index contributed by atoms with van der Waals surface area (Å²) in [4.78, 5) is 38.8. The van der Waals surface area contributed by atoms with E-state index < -0.39 is 36.2 Å². The Balaban J connectivity index is 1.84. The molecule has 1 aromatic rings. The maximum Gasteiger partial charge on any atom is 0.328 e. The molecule has 3 rings (SSSR count).